The fourth-order valence-electron chi connectivity index (χ4n) is 3.13. The number of imidazole rings is 1. The molecule has 1 amide bonds. The normalized spacial score (nSPS) is 20.8. The van der Waals surface area contributed by atoms with Gasteiger partial charge in [-0.2, -0.15) is 0 Å². The van der Waals surface area contributed by atoms with Gasteiger partial charge in [0.1, 0.15) is 5.82 Å². The van der Waals surface area contributed by atoms with Crippen molar-refractivity contribution in [3.05, 3.63) is 48.3 Å². The topological polar surface area (TPSA) is 56.1 Å². The number of nitrogens with zero attached hydrogens (tertiary/aromatic N) is 2. The van der Waals surface area contributed by atoms with Crippen molar-refractivity contribution in [2.24, 2.45) is 5.92 Å². The van der Waals surface area contributed by atoms with E-state index in [1.807, 2.05) is 13.0 Å². The Balaban J connectivity index is 1.62. The molecule has 0 spiro atoms. The van der Waals surface area contributed by atoms with Crippen LogP contribution in [-0.2, 0) is 16.1 Å². The third kappa shape index (κ3) is 3.64. The Labute approximate surface area is 140 Å². The summed E-state index contributed by atoms with van der Waals surface area (Å²) in [6, 6.07) is 4.95. The van der Waals surface area contributed by atoms with Crippen LogP contribution in [0.1, 0.15) is 31.7 Å². The zero-order valence-electron chi connectivity index (χ0n) is 13.7. The van der Waals surface area contributed by atoms with E-state index in [0.717, 1.165) is 31.4 Å². The molecule has 0 radical (unpaired) electrons. The van der Waals surface area contributed by atoms with Gasteiger partial charge in [0, 0.05) is 25.5 Å². The zero-order valence-corrected chi connectivity index (χ0v) is 13.7. The number of carbonyl (C=O) groups is 1. The lowest BCUT2D eigenvalue weighted by Crippen LogP contribution is -2.41. The molecule has 3 rings (SSSR count). The summed E-state index contributed by atoms with van der Waals surface area (Å²) in [5.74, 6) is -0.466. The minimum atomic E-state index is -0.341. The molecule has 0 saturated carbocycles. The first-order chi connectivity index (χ1) is 11.7. The summed E-state index contributed by atoms with van der Waals surface area (Å²) >= 11 is 0. The molecule has 24 heavy (non-hydrogen) atoms. The lowest BCUT2D eigenvalue weighted by atomic mass is 9.92. The molecular formula is C18H22FN3O2. The first-order valence-electron chi connectivity index (χ1n) is 8.35. The van der Waals surface area contributed by atoms with Gasteiger partial charge in [-0.15, -0.1) is 0 Å². The lowest BCUT2D eigenvalue weighted by Gasteiger charge is -2.30. The van der Waals surface area contributed by atoms with Crippen LogP contribution in [0.15, 0.2) is 36.9 Å². The number of ether oxygens (including phenoxy) is 1. The molecule has 1 aliphatic rings. The first kappa shape index (κ1) is 16.6. The van der Waals surface area contributed by atoms with Gasteiger partial charge < -0.3 is 14.6 Å². The van der Waals surface area contributed by atoms with E-state index in [1.165, 1.54) is 6.07 Å². The number of rotatable bonds is 5. The average molecular weight is 331 g/mol. The smallest absolute Gasteiger partial charge is 0.225 e. The van der Waals surface area contributed by atoms with Crippen LogP contribution in [0, 0.1) is 11.7 Å². The van der Waals surface area contributed by atoms with Gasteiger partial charge in [0.25, 0.3) is 0 Å². The average Bonchev–Trinajstić information content (AvgIpc) is 3.14. The van der Waals surface area contributed by atoms with Gasteiger partial charge in [-0.25, -0.2) is 9.37 Å². The Kier molecular flexibility index (Phi) is 5.25. The predicted molar refractivity (Wildman–Crippen MR) is 88.1 cm³/mol. The molecule has 1 aromatic heterocycles. The number of aromatic nitrogens is 2. The summed E-state index contributed by atoms with van der Waals surface area (Å²) in [5, 5.41) is 2.91. The highest BCUT2D eigenvalue weighted by Gasteiger charge is 2.30. The molecule has 128 valence electrons. The van der Waals surface area contributed by atoms with Crippen molar-refractivity contribution in [3.63, 3.8) is 0 Å². The van der Waals surface area contributed by atoms with Crippen molar-refractivity contribution < 1.29 is 13.9 Å². The van der Waals surface area contributed by atoms with Crippen molar-refractivity contribution >= 4 is 5.91 Å². The van der Waals surface area contributed by atoms with Crippen molar-refractivity contribution in [2.75, 3.05) is 6.61 Å². The van der Waals surface area contributed by atoms with Crippen LogP contribution in [0.25, 0.3) is 5.69 Å². The van der Waals surface area contributed by atoms with Gasteiger partial charge in [0.05, 0.1) is 24.0 Å². The second-order valence-electron chi connectivity index (χ2n) is 6.04. The molecule has 1 fully saturated rings. The predicted octanol–water partition coefficient (Wildman–Crippen LogP) is 2.83. The second-order valence-corrected chi connectivity index (χ2v) is 6.04. The standard InChI is InChI=1S/C18H22FN3O2/c1-2-17-14(4-3-9-24-17)18(23)21-11-13-5-6-16(15(19)10-13)22-8-7-20-12-22/h5-8,10,12,14,17H,2-4,9,11H2,1H3,(H,21,23). The third-order valence-electron chi connectivity index (χ3n) is 4.44. The third-order valence-corrected chi connectivity index (χ3v) is 4.44. The van der Waals surface area contributed by atoms with E-state index in [2.05, 4.69) is 10.3 Å². The van der Waals surface area contributed by atoms with Gasteiger partial charge >= 0.3 is 0 Å². The van der Waals surface area contributed by atoms with Crippen molar-refractivity contribution in [2.45, 2.75) is 38.8 Å². The lowest BCUT2D eigenvalue weighted by molar-refractivity contribution is -0.134. The minimum Gasteiger partial charge on any atom is -0.377 e. The highest BCUT2D eigenvalue weighted by atomic mass is 19.1. The van der Waals surface area contributed by atoms with Gasteiger partial charge in [0.2, 0.25) is 5.91 Å². The zero-order chi connectivity index (χ0) is 16.9. The summed E-state index contributed by atoms with van der Waals surface area (Å²) in [5.41, 5.74) is 1.17. The van der Waals surface area contributed by atoms with Gasteiger partial charge in [0.15, 0.2) is 0 Å². The maximum atomic E-state index is 14.2. The number of hydrogen-bond donors (Lipinski definition) is 1. The van der Waals surface area contributed by atoms with E-state index in [-0.39, 0.29) is 23.7 Å². The first-order valence-corrected chi connectivity index (χ1v) is 8.35. The summed E-state index contributed by atoms with van der Waals surface area (Å²) in [6.07, 6.45) is 7.40. The fraction of sp³-hybridized carbons (Fsp3) is 0.444. The van der Waals surface area contributed by atoms with E-state index in [1.54, 1.807) is 29.4 Å². The van der Waals surface area contributed by atoms with Crippen LogP contribution in [0.5, 0.6) is 0 Å². The van der Waals surface area contributed by atoms with E-state index >= 15 is 0 Å². The molecule has 6 heteroatoms. The number of halogens is 1. The van der Waals surface area contributed by atoms with E-state index in [4.69, 9.17) is 4.74 Å². The molecule has 1 N–H and O–H groups in total. The summed E-state index contributed by atoms with van der Waals surface area (Å²) in [7, 11) is 0. The van der Waals surface area contributed by atoms with Crippen LogP contribution in [0.3, 0.4) is 0 Å². The molecule has 2 heterocycles. The number of nitrogens with one attached hydrogen (secondary N) is 1. The quantitative estimate of drug-likeness (QED) is 0.916. The van der Waals surface area contributed by atoms with Crippen molar-refractivity contribution in [1.82, 2.24) is 14.9 Å². The summed E-state index contributed by atoms with van der Waals surface area (Å²) in [4.78, 5) is 16.3. The monoisotopic (exact) mass is 331 g/mol. The molecule has 1 saturated heterocycles. The van der Waals surface area contributed by atoms with E-state index in [0.29, 0.717) is 12.2 Å². The van der Waals surface area contributed by atoms with Gasteiger partial charge in [-0.1, -0.05) is 13.0 Å². The highest BCUT2D eigenvalue weighted by molar-refractivity contribution is 5.79. The Morgan fingerprint density at radius 3 is 3.08 bits per heavy atom. The Bertz CT molecular complexity index is 688. The molecular weight excluding hydrogens is 309 g/mol. The van der Waals surface area contributed by atoms with Crippen LogP contribution < -0.4 is 5.32 Å². The SMILES string of the molecule is CCC1OCCCC1C(=O)NCc1ccc(-n2ccnc2)c(F)c1. The van der Waals surface area contributed by atoms with Crippen LogP contribution in [0.2, 0.25) is 0 Å². The van der Waals surface area contributed by atoms with Gasteiger partial charge in [-0.05, 0) is 37.0 Å². The summed E-state index contributed by atoms with van der Waals surface area (Å²) < 4.78 is 21.5. The van der Waals surface area contributed by atoms with Crippen molar-refractivity contribution in [3.8, 4) is 5.69 Å². The molecule has 1 aliphatic heterocycles. The molecule has 1 aromatic carbocycles. The second kappa shape index (κ2) is 7.57. The van der Waals surface area contributed by atoms with Crippen molar-refractivity contribution in [1.29, 1.82) is 0 Å². The molecule has 0 bridgehead atoms. The Hall–Kier alpha value is -2.21. The maximum Gasteiger partial charge on any atom is 0.225 e. The molecule has 2 aromatic rings. The maximum absolute atomic E-state index is 14.2. The minimum absolute atomic E-state index is 0.0133. The molecule has 0 aliphatic carbocycles. The number of benzene rings is 1. The number of carbonyl (C=O) groups excluding carboxylic acids is 1. The van der Waals surface area contributed by atoms with Gasteiger partial charge in [-0.3, -0.25) is 4.79 Å². The largest absolute Gasteiger partial charge is 0.377 e. The number of hydrogen-bond acceptors (Lipinski definition) is 3. The molecule has 5 nitrogen and oxygen atoms in total. The van der Waals surface area contributed by atoms with Crippen LogP contribution >= 0.6 is 0 Å². The van der Waals surface area contributed by atoms with Crippen LogP contribution in [0.4, 0.5) is 4.39 Å². The Morgan fingerprint density at radius 1 is 1.50 bits per heavy atom. The Morgan fingerprint density at radius 2 is 2.38 bits per heavy atom. The fourth-order valence-corrected chi connectivity index (χ4v) is 3.13. The van der Waals surface area contributed by atoms with E-state index in [9.17, 15) is 9.18 Å². The highest BCUT2D eigenvalue weighted by Crippen LogP contribution is 2.23. The summed E-state index contributed by atoms with van der Waals surface area (Å²) in [6.45, 7) is 3.07. The van der Waals surface area contributed by atoms with Crippen LogP contribution in [-0.4, -0.2) is 28.2 Å². The number of amides is 1. The van der Waals surface area contributed by atoms with E-state index < -0.39 is 0 Å². The molecule has 2 atom stereocenters. The molecule has 2 unspecified atom stereocenters.